The van der Waals surface area contributed by atoms with Crippen molar-refractivity contribution < 1.29 is 13.9 Å². The van der Waals surface area contributed by atoms with E-state index < -0.39 is 0 Å². The predicted octanol–water partition coefficient (Wildman–Crippen LogP) is 1.99. The maximum Gasteiger partial charge on any atom is 0.158 e. The van der Waals surface area contributed by atoms with Crippen LogP contribution in [-0.2, 0) is 9.47 Å². The van der Waals surface area contributed by atoms with E-state index in [1.807, 2.05) is 13.0 Å². The molecule has 1 atom stereocenters. The van der Waals surface area contributed by atoms with E-state index in [1.54, 1.807) is 20.3 Å². The molecule has 1 aromatic carbocycles. The first-order chi connectivity index (χ1) is 9.15. The van der Waals surface area contributed by atoms with Gasteiger partial charge in [0.25, 0.3) is 0 Å². The van der Waals surface area contributed by atoms with Crippen molar-refractivity contribution in [3.05, 3.63) is 30.1 Å². The van der Waals surface area contributed by atoms with Crippen molar-refractivity contribution >= 4 is 5.69 Å². The Hall–Kier alpha value is -1.17. The summed E-state index contributed by atoms with van der Waals surface area (Å²) in [5, 5.41) is 0. The van der Waals surface area contributed by atoms with E-state index >= 15 is 0 Å². The number of nitrogens with two attached hydrogens (primary N) is 1. The second-order valence-electron chi connectivity index (χ2n) is 4.29. The van der Waals surface area contributed by atoms with Gasteiger partial charge in [0, 0.05) is 45.5 Å². The molecule has 0 aliphatic heterocycles. The van der Waals surface area contributed by atoms with E-state index in [-0.39, 0.29) is 18.1 Å². The Labute approximate surface area is 114 Å². The van der Waals surface area contributed by atoms with Gasteiger partial charge in [-0.25, -0.2) is 4.39 Å². The maximum absolute atomic E-state index is 13.3. The molecule has 4 nitrogen and oxygen atoms in total. The predicted molar refractivity (Wildman–Crippen MR) is 74.7 cm³/mol. The van der Waals surface area contributed by atoms with Crippen LogP contribution in [0.15, 0.2) is 24.3 Å². The molecule has 0 radical (unpaired) electrons. The minimum atomic E-state index is -0.309. The van der Waals surface area contributed by atoms with Crippen molar-refractivity contribution in [2.24, 2.45) is 5.73 Å². The molecule has 2 N–H and O–H groups in total. The van der Waals surface area contributed by atoms with Gasteiger partial charge < -0.3 is 20.1 Å². The number of halogens is 1. The highest BCUT2D eigenvalue weighted by Gasteiger charge is 2.21. The number of methoxy groups -OCH3 is 2. The fourth-order valence-corrected chi connectivity index (χ4v) is 2.17. The first-order valence-electron chi connectivity index (χ1n) is 6.44. The van der Waals surface area contributed by atoms with Crippen molar-refractivity contribution in [2.45, 2.75) is 25.7 Å². The van der Waals surface area contributed by atoms with Crippen molar-refractivity contribution in [3.63, 3.8) is 0 Å². The van der Waals surface area contributed by atoms with Gasteiger partial charge >= 0.3 is 0 Å². The Balaban J connectivity index is 2.86. The van der Waals surface area contributed by atoms with Crippen LogP contribution in [-0.4, -0.2) is 39.6 Å². The molecule has 0 saturated carbocycles. The van der Waals surface area contributed by atoms with E-state index in [0.29, 0.717) is 13.0 Å². The van der Waals surface area contributed by atoms with E-state index in [4.69, 9.17) is 15.2 Å². The lowest BCUT2D eigenvalue weighted by atomic mass is 10.1. The van der Waals surface area contributed by atoms with Gasteiger partial charge in [0.2, 0.25) is 0 Å². The van der Waals surface area contributed by atoms with Crippen molar-refractivity contribution in [3.8, 4) is 0 Å². The lowest BCUT2D eigenvalue weighted by Gasteiger charge is -2.33. The lowest BCUT2D eigenvalue weighted by molar-refractivity contribution is -0.109. The zero-order chi connectivity index (χ0) is 14.3. The molecule has 0 aliphatic carbocycles. The number of rotatable bonds is 8. The van der Waals surface area contributed by atoms with Crippen LogP contribution in [0, 0.1) is 5.82 Å². The summed E-state index contributed by atoms with van der Waals surface area (Å²) in [6.45, 7) is 3.21. The van der Waals surface area contributed by atoms with Crippen molar-refractivity contribution in [1.82, 2.24) is 0 Å². The van der Waals surface area contributed by atoms with Crippen LogP contribution in [0.2, 0.25) is 0 Å². The average Bonchev–Trinajstić information content (AvgIpc) is 2.43. The fraction of sp³-hybridized carbons (Fsp3) is 0.571. The minimum Gasteiger partial charge on any atom is -0.367 e. The van der Waals surface area contributed by atoms with Gasteiger partial charge in [-0.1, -0.05) is 6.07 Å². The van der Waals surface area contributed by atoms with Gasteiger partial charge in [-0.2, -0.15) is 0 Å². The summed E-state index contributed by atoms with van der Waals surface area (Å²) in [5.41, 5.74) is 6.66. The smallest absolute Gasteiger partial charge is 0.158 e. The molecule has 0 saturated heterocycles. The van der Waals surface area contributed by atoms with E-state index in [2.05, 4.69) is 4.90 Å². The molecule has 0 spiro atoms. The zero-order valence-corrected chi connectivity index (χ0v) is 11.8. The number of anilines is 1. The van der Waals surface area contributed by atoms with Gasteiger partial charge in [0.1, 0.15) is 5.82 Å². The van der Waals surface area contributed by atoms with Crippen LogP contribution >= 0.6 is 0 Å². The van der Waals surface area contributed by atoms with Gasteiger partial charge in [-0.15, -0.1) is 0 Å². The van der Waals surface area contributed by atoms with Crippen LogP contribution < -0.4 is 10.6 Å². The largest absolute Gasteiger partial charge is 0.367 e. The topological polar surface area (TPSA) is 47.7 Å². The number of likely N-dealkylation sites (N-methyl/N-ethyl adjacent to an activating group) is 1. The van der Waals surface area contributed by atoms with Crippen LogP contribution in [0.1, 0.15) is 13.3 Å². The highest BCUT2D eigenvalue weighted by atomic mass is 19.1. The molecular formula is C14H23FN2O2. The quantitative estimate of drug-likeness (QED) is 0.734. The Morgan fingerprint density at radius 2 is 2.00 bits per heavy atom. The zero-order valence-electron chi connectivity index (χ0n) is 11.8. The third-order valence-corrected chi connectivity index (χ3v) is 3.18. The number of hydrogen-bond donors (Lipinski definition) is 1. The summed E-state index contributed by atoms with van der Waals surface area (Å²) >= 11 is 0. The SMILES string of the molecule is CCN(c1cccc(F)c1)C(CN)CC(OC)OC. The third kappa shape index (κ3) is 4.45. The molecule has 0 fully saturated rings. The molecule has 0 aromatic heterocycles. The Morgan fingerprint density at radius 1 is 1.32 bits per heavy atom. The molecule has 0 heterocycles. The Kier molecular flexibility index (Phi) is 6.77. The van der Waals surface area contributed by atoms with Crippen LogP contribution in [0.25, 0.3) is 0 Å². The summed E-state index contributed by atoms with van der Waals surface area (Å²) in [4.78, 5) is 2.06. The molecule has 19 heavy (non-hydrogen) atoms. The number of hydrogen-bond acceptors (Lipinski definition) is 4. The van der Waals surface area contributed by atoms with Crippen LogP contribution in [0.5, 0.6) is 0 Å². The molecule has 108 valence electrons. The second kappa shape index (κ2) is 8.09. The Bertz CT molecular complexity index is 372. The normalized spacial score (nSPS) is 12.7. The summed E-state index contributed by atoms with van der Waals surface area (Å²) in [6.07, 6.45) is 0.324. The van der Waals surface area contributed by atoms with E-state index in [0.717, 1.165) is 12.2 Å². The number of benzene rings is 1. The third-order valence-electron chi connectivity index (χ3n) is 3.18. The standard InChI is InChI=1S/C14H23FN2O2/c1-4-17(12-7-5-6-11(15)8-12)13(10-16)9-14(18-2)19-3/h5-8,13-14H,4,9-10,16H2,1-3H3. The van der Waals surface area contributed by atoms with E-state index in [9.17, 15) is 4.39 Å². The summed E-state index contributed by atoms with van der Waals surface area (Å²) in [5.74, 6) is -0.248. The fourth-order valence-electron chi connectivity index (χ4n) is 2.17. The highest BCUT2D eigenvalue weighted by Crippen LogP contribution is 2.20. The number of nitrogens with zero attached hydrogens (tertiary/aromatic N) is 1. The van der Waals surface area contributed by atoms with Gasteiger partial charge in [-0.05, 0) is 25.1 Å². The summed E-state index contributed by atoms with van der Waals surface area (Å²) in [7, 11) is 3.19. The van der Waals surface area contributed by atoms with Gasteiger partial charge in [0.05, 0.1) is 0 Å². The molecule has 0 bridgehead atoms. The first-order valence-corrected chi connectivity index (χ1v) is 6.44. The molecule has 0 amide bonds. The Morgan fingerprint density at radius 3 is 2.47 bits per heavy atom. The van der Waals surface area contributed by atoms with Crippen molar-refractivity contribution in [1.29, 1.82) is 0 Å². The van der Waals surface area contributed by atoms with Gasteiger partial charge in [0.15, 0.2) is 6.29 Å². The lowest BCUT2D eigenvalue weighted by Crippen LogP contribution is -2.43. The molecule has 5 heteroatoms. The van der Waals surface area contributed by atoms with Crippen molar-refractivity contribution in [2.75, 3.05) is 32.2 Å². The highest BCUT2D eigenvalue weighted by molar-refractivity contribution is 5.47. The molecule has 1 rings (SSSR count). The minimum absolute atomic E-state index is 0.0386. The monoisotopic (exact) mass is 270 g/mol. The molecule has 1 aromatic rings. The summed E-state index contributed by atoms with van der Waals surface area (Å²) in [6, 6.07) is 6.56. The van der Waals surface area contributed by atoms with Crippen LogP contribution in [0.4, 0.5) is 10.1 Å². The first kappa shape index (κ1) is 15.9. The second-order valence-corrected chi connectivity index (χ2v) is 4.29. The van der Waals surface area contributed by atoms with E-state index in [1.165, 1.54) is 12.1 Å². The molecule has 1 unspecified atom stereocenters. The number of ether oxygens (including phenoxy) is 2. The molecular weight excluding hydrogens is 247 g/mol. The maximum atomic E-state index is 13.3. The average molecular weight is 270 g/mol. The summed E-state index contributed by atoms with van der Waals surface area (Å²) < 4.78 is 23.7. The molecule has 0 aliphatic rings. The van der Waals surface area contributed by atoms with Crippen LogP contribution in [0.3, 0.4) is 0 Å². The van der Waals surface area contributed by atoms with Gasteiger partial charge in [-0.3, -0.25) is 0 Å².